The van der Waals surface area contributed by atoms with Crippen molar-refractivity contribution in [3.63, 3.8) is 0 Å². The van der Waals surface area contributed by atoms with E-state index in [0.29, 0.717) is 5.15 Å². The van der Waals surface area contributed by atoms with Crippen molar-refractivity contribution in [3.8, 4) is 0 Å². The molecule has 0 aliphatic carbocycles. The summed E-state index contributed by atoms with van der Waals surface area (Å²) < 4.78 is 0. The third kappa shape index (κ3) is 3.78. The Morgan fingerprint density at radius 3 is 2.73 bits per heavy atom. The molecule has 0 aromatic carbocycles. The van der Waals surface area contributed by atoms with Crippen LogP contribution in [0.1, 0.15) is 31.9 Å². The summed E-state index contributed by atoms with van der Waals surface area (Å²) in [6.45, 7) is 4.24. The Morgan fingerprint density at radius 2 is 2.27 bits per heavy atom. The van der Waals surface area contributed by atoms with Crippen molar-refractivity contribution < 1.29 is 5.11 Å². The summed E-state index contributed by atoms with van der Waals surface area (Å²) in [4.78, 5) is 4.02. The maximum atomic E-state index is 9.07. The monoisotopic (exact) mass is 228 g/mol. The van der Waals surface area contributed by atoms with Crippen LogP contribution in [-0.4, -0.2) is 22.7 Å². The molecule has 0 amide bonds. The van der Waals surface area contributed by atoms with Crippen LogP contribution in [0.4, 0.5) is 0 Å². The van der Waals surface area contributed by atoms with Crippen LogP contribution < -0.4 is 5.32 Å². The normalized spacial score (nSPS) is 14.9. The van der Waals surface area contributed by atoms with E-state index in [2.05, 4.69) is 10.3 Å². The van der Waals surface area contributed by atoms with Crippen molar-refractivity contribution in [2.75, 3.05) is 6.61 Å². The van der Waals surface area contributed by atoms with Crippen molar-refractivity contribution in [1.82, 2.24) is 10.3 Å². The highest BCUT2D eigenvalue weighted by Gasteiger charge is 2.10. The zero-order valence-corrected chi connectivity index (χ0v) is 9.83. The number of aromatic nitrogens is 1. The molecule has 1 aromatic heterocycles. The van der Waals surface area contributed by atoms with Crippen molar-refractivity contribution in [3.05, 3.63) is 29.0 Å². The summed E-state index contributed by atoms with van der Waals surface area (Å²) in [7, 11) is 0. The first-order valence-corrected chi connectivity index (χ1v) is 5.53. The third-order valence-electron chi connectivity index (χ3n) is 2.45. The third-order valence-corrected chi connectivity index (χ3v) is 2.67. The second-order valence-electron chi connectivity index (χ2n) is 3.59. The van der Waals surface area contributed by atoms with Crippen molar-refractivity contribution >= 4 is 11.6 Å². The SMILES string of the molecule is CCC(CO)NC(C)c1ccc(Cl)nc1. The number of aliphatic hydroxyl groups excluding tert-OH is 1. The molecule has 1 heterocycles. The van der Waals surface area contributed by atoms with Crippen LogP contribution in [0.25, 0.3) is 0 Å². The van der Waals surface area contributed by atoms with E-state index >= 15 is 0 Å². The van der Waals surface area contributed by atoms with Gasteiger partial charge in [-0.25, -0.2) is 4.98 Å². The largest absolute Gasteiger partial charge is 0.395 e. The Kier molecular flexibility index (Phi) is 5.02. The lowest BCUT2D eigenvalue weighted by molar-refractivity contribution is 0.230. The van der Waals surface area contributed by atoms with Crippen LogP contribution in [-0.2, 0) is 0 Å². The Bertz CT molecular complexity index is 285. The molecule has 0 saturated carbocycles. The smallest absolute Gasteiger partial charge is 0.129 e. The zero-order valence-electron chi connectivity index (χ0n) is 9.07. The summed E-state index contributed by atoms with van der Waals surface area (Å²) in [5.41, 5.74) is 1.08. The van der Waals surface area contributed by atoms with Gasteiger partial charge in [-0.15, -0.1) is 0 Å². The van der Waals surface area contributed by atoms with Gasteiger partial charge < -0.3 is 10.4 Å². The molecule has 84 valence electrons. The Hall–Kier alpha value is -0.640. The average molecular weight is 229 g/mol. The van der Waals surface area contributed by atoms with Gasteiger partial charge in [0, 0.05) is 18.3 Å². The highest BCUT2D eigenvalue weighted by Crippen LogP contribution is 2.14. The predicted octanol–water partition coefficient (Wildman–Crippen LogP) is 2.16. The molecular weight excluding hydrogens is 212 g/mol. The Balaban J connectivity index is 2.60. The van der Waals surface area contributed by atoms with E-state index < -0.39 is 0 Å². The van der Waals surface area contributed by atoms with Gasteiger partial charge in [-0.05, 0) is 25.0 Å². The number of pyridine rings is 1. The summed E-state index contributed by atoms with van der Waals surface area (Å²) in [6.07, 6.45) is 2.66. The van der Waals surface area contributed by atoms with Gasteiger partial charge in [0.1, 0.15) is 5.15 Å². The van der Waals surface area contributed by atoms with Gasteiger partial charge in [-0.3, -0.25) is 0 Å². The first-order valence-electron chi connectivity index (χ1n) is 5.15. The average Bonchev–Trinajstić information content (AvgIpc) is 2.26. The lowest BCUT2D eigenvalue weighted by Crippen LogP contribution is -2.33. The highest BCUT2D eigenvalue weighted by atomic mass is 35.5. The number of rotatable bonds is 5. The van der Waals surface area contributed by atoms with E-state index in [1.807, 2.05) is 19.9 Å². The van der Waals surface area contributed by atoms with Gasteiger partial charge in [0.2, 0.25) is 0 Å². The van der Waals surface area contributed by atoms with Crippen LogP contribution in [0.3, 0.4) is 0 Å². The van der Waals surface area contributed by atoms with Crippen molar-refractivity contribution in [1.29, 1.82) is 0 Å². The Morgan fingerprint density at radius 1 is 1.53 bits per heavy atom. The molecule has 1 aromatic rings. The first kappa shape index (κ1) is 12.4. The number of halogens is 1. The molecule has 0 saturated heterocycles. The van der Waals surface area contributed by atoms with Crippen LogP contribution in [0.15, 0.2) is 18.3 Å². The van der Waals surface area contributed by atoms with E-state index in [0.717, 1.165) is 12.0 Å². The number of hydrogen-bond donors (Lipinski definition) is 2. The molecule has 1 rings (SSSR count). The lowest BCUT2D eigenvalue weighted by atomic mass is 10.1. The van der Waals surface area contributed by atoms with E-state index in [1.165, 1.54) is 0 Å². The summed E-state index contributed by atoms with van der Waals surface area (Å²) in [5, 5.41) is 12.9. The number of nitrogens with zero attached hydrogens (tertiary/aromatic N) is 1. The quantitative estimate of drug-likeness (QED) is 0.760. The molecule has 3 nitrogen and oxygen atoms in total. The van der Waals surface area contributed by atoms with Gasteiger partial charge in [-0.2, -0.15) is 0 Å². The lowest BCUT2D eigenvalue weighted by Gasteiger charge is -2.20. The molecule has 0 aliphatic heterocycles. The maximum Gasteiger partial charge on any atom is 0.129 e. The molecule has 0 bridgehead atoms. The summed E-state index contributed by atoms with van der Waals surface area (Å²) in [5.74, 6) is 0. The van der Waals surface area contributed by atoms with Crippen LogP contribution in [0.5, 0.6) is 0 Å². The molecule has 2 atom stereocenters. The zero-order chi connectivity index (χ0) is 11.3. The highest BCUT2D eigenvalue weighted by molar-refractivity contribution is 6.29. The molecule has 0 spiro atoms. The molecule has 4 heteroatoms. The van der Waals surface area contributed by atoms with Gasteiger partial charge in [0.25, 0.3) is 0 Å². The minimum atomic E-state index is 0.135. The second kappa shape index (κ2) is 6.05. The minimum absolute atomic E-state index is 0.135. The molecule has 15 heavy (non-hydrogen) atoms. The standard InChI is InChI=1S/C11H17ClN2O/c1-3-10(7-15)14-8(2)9-4-5-11(12)13-6-9/h4-6,8,10,14-15H,3,7H2,1-2H3. The molecule has 0 radical (unpaired) electrons. The van der Waals surface area contributed by atoms with E-state index in [9.17, 15) is 0 Å². The summed E-state index contributed by atoms with van der Waals surface area (Å²) >= 11 is 5.71. The van der Waals surface area contributed by atoms with Crippen molar-refractivity contribution in [2.24, 2.45) is 0 Å². The van der Waals surface area contributed by atoms with Crippen LogP contribution in [0, 0.1) is 0 Å². The van der Waals surface area contributed by atoms with Gasteiger partial charge in [0.15, 0.2) is 0 Å². The molecule has 2 N–H and O–H groups in total. The molecule has 0 aliphatic rings. The number of aliphatic hydroxyl groups is 1. The molecule has 2 unspecified atom stereocenters. The fourth-order valence-corrected chi connectivity index (χ4v) is 1.50. The topological polar surface area (TPSA) is 45.1 Å². The van der Waals surface area contributed by atoms with Gasteiger partial charge >= 0.3 is 0 Å². The maximum absolute atomic E-state index is 9.07. The number of hydrogen-bond acceptors (Lipinski definition) is 3. The summed E-state index contributed by atoms with van der Waals surface area (Å²) in [6, 6.07) is 4.02. The predicted molar refractivity (Wildman–Crippen MR) is 62.0 cm³/mol. The number of nitrogens with one attached hydrogen (secondary N) is 1. The molecule has 0 fully saturated rings. The van der Waals surface area contributed by atoms with E-state index in [1.54, 1.807) is 12.3 Å². The fourth-order valence-electron chi connectivity index (χ4n) is 1.39. The van der Waals surface area contributed by atoms with E-state index in [4.69, 9.17) is 16.7 Å². The second-order valence-corrected chi connectivity index (χ2v) is 3.98. The van der Waals surface area contributed by atoms with Crippen LogP contribution in [0.2, 0.25) is 5.15 Å². The van der Waals surface area contributed by atoms with E-state index in [-0.39, 0.29) is 18.7 Å². The minimum Gasteiger partial charge on any atom is -0.395 e. The van der Waals surface area contributed by atoms with Gasteiger partial charge in [0.05, 0.1) is 6.61 Å². The first-order chi connectivity index (χ1) is 7.17. The Labute approximate surface area is 95.5 Å². The van der Waals surface area contributed by atoms with Crippen LogP contribution >= 0.6 is 11.6 Å². The van der Waals surface area contributed by atoms with Gasteiger partial charge in [-0.1, -0.05) is 24.6 Å². The van der Waals surface area contributed by atoms with Crippen molar-refractivity contribution in [2.45, 2.75) is 32.4 Å². The fraction of sp³-hybridized carbons (Fsp3) is 0.545. The molecular formula is C11H17ClN2O.